The lowest BCUT2D eigenvalue weighted by atomic mass is 10.1. The van der Waals surface area contributed by atoms with Crippen LogP contribution in [0.15, 0.2) is 103 Å². The van der Waals surface area contributed by atoms with E-state index in [1.165, 1.54) is 24.3 Å². The molecule has 0 aromatic heterocycles. The molecular weight excluding hydrogens is 535 g/mol. The topological polar surface area (TPSA) is 84.9 Å². The third-order valence-electron chi connectivity index (χ3n) is 6.00. The maximum atomic E-state index is 13.4. The molecule has 1 aliphatic heterocycles. The Balaban J connectivity index is 1.29. The largest absolute Gasteiger partial charge is 0.489 e. The van der Waals surface area contributed by atoms with Gasteiger partial charge < -0.3 is 9.47 Å². The number of carbonyl (C=O) groups is 3. The number of benzene rings is 4. The molecule has 1 saturated heterocycles. The highest BCUT2D eigenvalue weighted by Crippen LogP contribution is 2.29. The zero-order valence-electron chi connectivity index (χ0n) is 21.0. The Bertz CT molecular complexity index is 1610. The van der Waals surface area contributed by atoms with E-state index in [4.69, 9.17) is 21.1 Å². The number of ether oxygens (including phenoxy) is 2. The molecule has 9 heteroatoms. The molecule has 0 radical (unpaired) electrons. The molecule has 0 atom stereocenters. The van der Waals surface area contributed by atoms with Crippen molar-refractivity contribution in [2.75, 3.05) is 4.90 Å². The molecule has 1 N–H and O–H groups in total. The number of hydrogen-bond donors (Lipinski definition) is 1. The van der Waals surface area contributed by atoms with Crippen LogP contribution in [0.4, 0.5) is 14.9 Å². The van der Waals surface area contributed by atoms with Crippen LogP contribution in [-0.2, 0) is 22.8 Å². The molecular formula is C31H22ClFN2O5. The van der Waals surface area contributed by atoms with Gasteiger partial charge in [-0.3, -0.25) is 14.9 Å². The summed E-state index contributed by atoms with van der Waals surface area (Å²) < 4.78 is 24.8. The number of halogens is 2. The molecule has 0 spiro atoms. The van der Waals surface area contributed by atoms with Crippen molar-refractivity contribution in [3.63, 3.8) is 0 Å². The summed E-state index contributed by atoms with van der Waals surface area (Å²) in [6.07, 6.45) is 1.34. The van der Waals surface area contributed by atoms with Gasteiger partial charge in [0.05, 0.1) is 10.7 Å². The summed E-state index contributed by atoms with van der Waals surface area (Å²) in [6.45, 7) is 0.466. The van der Waals surface area contributed by atoms with Gasteiger partial charge in [-0.15, -0.1) is 0 Å². The van der Waals surface area contributed by atoms with Crippen molar-refractivity contribution < 1.29 is 28.2 Å². The first-order valence-electron chi connectivity index (χ1n) is 12.2. The Labute approximate surface area is 234 Å². The molecule has 0 bridgehead atoms. The first-order chi connectivity index (χ1) is 19.4. The monoisotopic (exact) mass is 556 g/mol. The highest BCUT2D eigenvalue weighted by Gasteiger charge is 2.36. The molecule has 0 saturated carbocycles. The van der Waals surface area contributed by atoms with Gasteiger partial charge in [0, 0.05) is 0 Å². The minimum Gasteiger partial charge on any atom is -0.489 e. The predicted octanol–water partition coefficient (Wildman–Crippen LogP) is 6.30. The predicted molar refractivity (Wildman–Crippen MR) is 148 cm³/mol. The van der Waals surface area contributed by atoms with Crippen LogP contribution in [0.5, 0.6) is 11.5 Å². The molecule has 1 heterocycles. The molecule has 0 unspecified atom stereocenters. The number of nitrogens with zero attached hydrogens (tertiary/aromatic N) is 1. The smallest absolute Gasteiger partial charge is 0.335 e. The molecule has 4 aromatic rings. The number of rotatable bonds is 8. The molecule has 5 rings (SSSR count). The molecule has 4 aromatic carbocycles. The van der Waals surface area contributed by atoms with Crippen LogP contribution < -0.4 is 19.7 Å². The summed E-state index contributed by atoms with van der Waals surface area (Å²) in [5.74, 6) is -1.08. The summed E-state index contributed by atoms with van der Waals surface area (Å²) in [4.78, 5) is 39.2. The average Bonchev–Trinajstić information content (AvgIpc) is 2.95. The third-order valence-corrected chi connectivity index (χ3v) is 6.29. The molecule has 1 fully saturated rings. The van der Waals surface area contributed by atoms with E-state index in [0.717, 1.165) is 10.5 Å². The first-order valence-corrected chi connectivity index (χ1v) is 12.6. The van der Waals surface area contributed by atoms with Crippen LogP contribution in [0, 0.1) is 5.82 Å². The van der Waals surface area contributed by atoms with Gasteiger partial charge in [-0.2, -0.15) is 0 Å². The maximum Gasteiger partial charge on any atom is 0.335 e. The summed E-state index contributed by atoms with van der Waals surface area (Å²) in [5.41, 5.74) is 2.10. The number of urea groups is 1. The lowest BCUT2D eigenvalue weighted by Crippen LogP contribution is -2.54. The number of hydrogen-bond acceptors (Lipinski definition) is 5. The fourth-order valence-electron chi connectivity index (χ4n) is 4.00. The van der Waals surface area contributed by atoms with Gasteiger partial charge in [-0.05, 0) is 71.3 Å². The fraction of sp³-hybridized carbons (Fsp3) is 0.0645. The second-order valence-corrected chi connectivity index (χ2v) is 9.24. The zero-order valence-corrected chi connectivity index (χ0v) is 21.7. The Morgan fingerprint density at radius 2 is 1.52 bits per heavy atom. The van der Waals surface area contributed by atoms with E-state index < -0.39 is 17.8 Å². The van der Waals surface area contributed by atoms with Crippen LogP contribution in [0.1, 0.15) is 16.7 Å². The number of amides is 4. The van der Waals surface area contributed by atoms with E-state index in [9.17, 15) is 18.8 Å². The normalized spacial score (nSPS) is 14.3. The Morgan fingerprint density at radius 1 is 0.800 bits per heavy atom. The number of nitrogens with one attached hydrogen (secondary N) is 1. The fourth-order valence-corrected chi connectivity index (χ4v) is 4.25. The highest BCUT2D eigenvalue weighted by molar-refractivity contribution is 6.39. The summed E-state index contributed by atoms with van der Waals surface area (Å²) in [5, 5.41) is 2.43. The highest BCUT2D eigenvalue weighted by atomic mass is 35.5. The summed E-state index contributed by atoms with van der Waals surface area (Å²) in [6, 6.07) is 25.9. The van der Waals surface area contributed by atoms with Crippen molar-refractivity contribution in [2.24, 2.45) is 0 Å². The van der Waals surface area contributed by atoms with Gasteiger partial charge in [-0.25, -0.2) is 14.1 Å². The molecule has 1 aliphatic rings. The molecule has 4 amide bonds. The SMILES string of the molecule is O=C1NC(=O)N(c2ccc(OCc3ccccc3)cc2)C(=O)/C1=C/c1ccc(OCc2cccc(F)c2)c(Cl)c1. The van der Waals surface area contributed by atoms with Gasteiger partial charge in [0.15, 0.2) is 0 Å². The second-order valence-electron chi connectivity index (χ2n) is 8.83. The quantitative estimate of drug-likeness (QED) is 0.203. The van der Waals surface area contributed by atoms with Crippen molar-refractivity contribution >= 4 is 41.2 Å². The Morgan fingerprint density at radius 3 is 2.25 bits per heavy atom. The molecule has 0 aliphatic carbocycles. The lowest BCUT2D eigenvalue weighted by molar-refractivity contribution is -0.122. The minimum absolute atomic E-state index is 0.103. The van der Waals surface area contributed by atoms with Crippen molar-refractivity contribution in [3.05, 3.63) is 130 Å². The molecule has 200 valence electrons. The van der Waals surface area contributed by atoms with E-state index >= 15 is 0 Å². The Hall–Kier alpha value is -4.95. The van der Waals surface area contributed by atoms with Gasteiger partial charge in [0.2, 0.25) is 0 Å². The average molecular weight is 557 g/mol. The number of anilines is 1. The van der Waals surface area contributed by atoms with Gasteiger partial charge in [-0.1, -0.05) is 60.1 Å². The van der Waals surface area contributed by atoms with E-state index in [-0.39, 0.29) is 28.7 Å². The van der Waals surface area contributed by atoms with Gasteiger partial charge in [0.25, 0.3) is 11.8 Å². The van der Waals surface area contributed by atoms with Crippen LogP contribution >= 0.6 is 11.6 Å². The first kappa shape index (κ1) is 26.6. The van der Waals surface area contributed by atoms with E-state index in [0.29, 0.717) is 29.2 Å². The second kappa shape index (κ2) is 11.8. The maximum absolute atomic E-state index is 13.4. The minimum atomic E-state index is -0.857. The van der Waals surface area contributed by atoms with Crippen LogP contribution in [0.25, 0.3) is 6.08 Å². The standard InChI is InChI=1S/C31H22ClFN2O5/c32-27-17-21(9-14-28(27)40-19-22-7-4-8-23(33)15-22)16-26-29(36)34-31(38)35(30(26)37)24-10-12-25(13-11-24)39-18-20-5-2-1-3-6-20/h1-17H,18-19H2,(H,34,36,38)/b26-16+. The summed E-state index contributed by atoms with van der Waals surface area (Å²) >= 11 is 6.35. The van der Waals surface area contributed by atoms with Crippen LogP contribution in [-0.4, -0.2) is 17.8 Å². The Kier molecular flexibility index (Phi) is 7.89. The van der Waals surface area contributed by atoms with E-state index in [2.05, 4.69) is 5.32 Å². The van der Waals surface area contributed by atoms with Gasteiger partial charge >= 0.3 is 6.03 Å². The van der Waals surface area contributed by atoms with Crippen molar-refractivity contribution in [3.8, 4) is 11.5 Å². The lowest BCUT2D eigenvalue weighted by Gasteiger charge is -2.26. The number of barbiturate groups is 1. The molecule has 7 nitrogen and oxygen atoms in total. The zero-order chi connectivity index (χ0) is 28.1. The van der Waals surface area contributed by atoms with Crippen LogP contribution in [0.3, 0.4) is 0 Å². The van der Waals surface area contributed by atoms with Crippen molar-refractivity contribution in [2.45, 2.75) is 13.2 Å². The molecule has 40 heavy (non-hydrogen) atoms. The van der Waals surface area contributed by atoms with Crippen molar-refractivity contribution in [1.29, 1.82) is 0 Å². The third kappa shape index (κ3) is 6.19. The van der Waals surface area contributed by atoms with Gasteiger partial charge in [0.1, 0.15) is 36.1 Å². The number of carbonyl (C=O) groups excluding carboxylic acids is 3. The number of imide groups is 2. The van der Waals surface area contributed by atoms with Crippen LogP contribution in [0.2, 0.25) is 5.02 Å². The van der Waals surface area contributed by atoms with E-state index in [1.54, 1.807) is 48.5 Å². The van der Waals surface area contributed by atoms with Crippen molar-refractivity contribution in [1.82, 2.24) is 5.32 Å². The summed E-state index contributed by atoms with van der Waals surface area (Å²) in [7, 11) is 0. The van der Waals surface area contributed by atoms with E-state index in [1.807, 2.05) is 30.3 Å².